The number of piperazine rings is 1. The van der Waals surface area contributed by atoms with Gasteiger partial charge < -0.3 is 5.32 Å². The number of hydrogen-bond acceptors (Lipinski definition) is 2. The van der Waals surface area contributed by atoms with Gasteiger partial charge in [0, 0.05) is 25.2 Å². The van der Waals surface area contributed by atoms with E-state index >= 15 is 0 Å². The number of hydrogen-bond donors (Lipinski definition) is 1. The van der Waals surface area contributed by atoms with Gasteiger partial charge in [0.2, 0.25) is 0 Å². The monoisotopic (exact) mass is 240 g/mol. The maximum absolute atomic E-state index is 3.74. The third-order valence-electron chi connectivity index (χ3n) is 3.79. The first-order chi connectivity index (χ1) is 8.17. The quantitative estimate of drug-likeness (QED) is 0.735. The fraction of sp³-hybridized carbons (Fsp3) is 1.00. The molecular weight excluding hydrogens is 208 g/mol. The topological polar surface area (TPSA) is 15.3 Å². The highest BCUT2D eigenvalue weighted by Crippen LogP contribution is 2.17. The molecule has 0 aromatic carbocycles. The first kappa shape index (κ1) is 15.0. The van der Waals surface area contributed by atoms with Gasteiger partial charge in [0.1, 0.15) is 0 Å². The summed E-state index contributed by atoms with van der Waals surface area (Å²) < 4.78 is 0. The van der Waals surface area contributed by atoms with Gasteiger partial charge in [0.25, 0.3) is 0 Å². The molecule has 2 unspecified atom stereocenters. The Morgan fingerprint density at radius 3 is 2.59 bits per heavy atom. The summed E-state index contributed by atoms with van der Waals surface area (Å²) in [5.74, 6) is 0.814. The summed E-state index contributed by atoms with van der Waals surface area (Å²) >= 11 is 0. The molecule has 0 aromatic rings. The maximum atomic E-state index is 3.74. The van der Waals surface area contributed by atoms with Crippen molar-refractivity contribution in [3.63, 3.8) is 0 Å². The Bertz CT molecular complexity index is 191. The van der Waals surface area contributed by atoms with E-state index in [0.29, 0.717) is 0 Å². The molecule has 1 aliphatic rings. The molecule has 2 atom stereocenters. The molecule has 1 saturated heterocycles. The van der Waals surface area contributed by atoms with Crippen LogP contribution in [0.1, 0.15) is 59.8 Å². The van der Waals surface area contributed by atoms with E-state index in [1.54, 1.807) is 0 Å². The van der Waals surface area contributed by atoms with Crippen molar-refractivity contribution in [1.29, 1.82) is 0 Å². The Balaban J connectivity index is 2.46. The van der Waals surface area contributed by atoms with Gasteiger partial charge in [-0.1, -0.05) is 40.5 Å². The normalized spacial score (nSPS) is 26.6. The van der Waals surface area contributed by atoms with E-state index in [1.165, 1.54) is 51.7 Å². The number of unbranched alkanes of at least 4 members (excludes halogenated alkanes) is 1. The third-order valence-corrected chi connectivity index (χ3v) is 3.79. The second kappa shape index (κ2) is 8.10. The summed E-state index contributed by atoms with van der Waals surface area (Å²) in [4.78, 5) is 2.75. The van der Waals surface area contributed by atoms with Crippen LogP contribution in [-0.4, -0.2) is 36.6 Å². The lowest BCUT2D eigenvalue weighted by molar-refractivity contribution is 0.109. The van der Waals surface area contributed by atoms with Crippen LogP contribution in [0.25, 0.3) is 0 Å². The third kappa shape index (κ3) is 5.39. The van der Waals surface area contributed by atoms with E-state index in [9.17, 15) is 0 Å². The lowest BCUT2D eigenvalue weighted by Gasteiger charge is -2.41. The summed E-state index contributed by atoms with van der Waals surface area (Å²) in [6, 6.07) is 1.51. The van der Waals surface area contributed by atoms with Crippen molar-refractivity contribution in [2.45, 2.75) is 71.9 Å². The van der Waals surface area contributed by atoms with Gasteiger partial charge in [-0.2, -0.15) is 0 Å². The molecule has 0 amide bonds. The van der Waals surface area contributed by atoms with Crippen LogP contribution in [0.15, 0.2) is 0 Å². The molecule has 0 aromatic heterocycles. The average molecular weight is 240 g/mol. The zero-order valence-electron chi connectivity index (χ0n) is 12.3. The van der Waals surface area contributed by atoms with E-state index in [1.807, 2.05) is 0 Å². The molecular formula is C15H32N2. The molecule has 1 rings (SSSR count). The molecule has 1 fully saturated rings. The van der Waals surface area contributed by atoms with Crippen LogP contribution in [0.3, 0.4) is 0 Å². The predicted octanol–water partition coefficient (Wildman–Crippen LogP) is 3.28. The van der Waals surface area contributed by atoms with Crippen molar-refractivity contribution in [3.05, 3.63) is 0 Å². The molecule has 0 radical (unpaired) electrons. The Kier molecular flexibility index (Phi) is 7.14. The number of nitrogens with one attached hydrogen (secondary N) is 1. The summed E-state index contributed by atoms with van der Waals surface area (Å²) in [7, 11) is 0. The van der Waals surface area contributed by atoms with Crippen molar-refractivity contribution >= 4 is 0 Å². The maximum Gasteiger partial charge on any atom is 0.0223 e. The molecule has 2 heteroatoms. The lowest BCUT2D eigenvalue weighted by Crippen LogP contribution is -2.56. The van der Waals surface area contributed by atoms with Crippen LogP contribution in [0.4, 0.5) is 0 Å². The summed E-state index contributed by atoms with van der Waals surface area (Å²) in [6.07, 6.45) is 6.64. The molecule has 2 nitrogen and oxygen atoms in total. The van der Waals surface area contributed by atoms with Crippen molar-refractivity contribution in [3.8, 4) is 0 Å². The van der Waals surface area contributed by atoms with Gasteiger partial charge in [-0.15, -0.1) is 0 Å². The van der Waals surface area contributed by atoms with E-state index in [-0.39, 0.29) is 0 Å². The Morgan fingerprint density at radius 2 is 2.00 bits per heavy atom. The first-order valence-corrected chi connectivity index (χ1v) is 7.64. The Morgan fingerprint density at radius 1 is 1.24 bits per heavy atom. The number of rotatable bonds is 7. The molecule has 1 N–H and O–H groups in total. The van der Waals surface area contributed by atoms with Gasteiger partial charge in [-0.3, -0.25) is 4.90 Å². The molecule has 0 bridgehead atoms. The van der Waals surface area contributed by atoms with Crippen molar-refractivity contribution in [2.75, 3.05) is 19.6 Å². The second-order valence-electron chi connectivity index (χ2n) is 6.03. The van der Waals surface area contributed by atoms with Gasteiger partial charge in [-0.25, -0.2) is 0 Å². The zero-order chi connectivity index (χ0) is 12.7. The van der Waals surface area contributed by atoms with Crippen LogP contribution in [0, 0.1) is 5.92 Å². The smallest absolute Gasteiger partial charge is 0.0223 e. The van der Waals surface area contributed by atoms with Crippen LogP contribution in [0.5, 0.6) is 0 Å². The van der Waals surface area contributed by atoms with E-state index in [2.05, 4.69) is 37.9 Å². The predicted molar refractivity (Wildman–Crippen MR) is 76.4 cm³/mol. The summed E-state index contributed by atoms with van der Waals surface area (Å²) in [6.45, 7) is 13.0. The van der Waals surface area contributed by atoms with Gasteiger partial charge in [0.15, 0.2) is 0 Å². The molecule has 1 heterocycles. The fourth-order valence-electron chi connectivity index (χ4n) is 2.88. The minimum absolute atomic E-state index is 0.736. The van der Waals surface area contributed by atoms with Gasteiger partial charge >= 0.3 is 0 Å². The van der Waals surface area contributed by atoms with Crippen molar-refractivity contribution < 1.29 is 0 Å². The van der Waals surface area contributed by atoms with E-state index in [0.717, 1.165) is 18.0 Å². The fourth-order valence-corrected chi connectivity index (χ4v) is 2.88. The van der Waals surface area contributed by atoms with E-state index < -0.39 is 0 Å². The highest BCUT2D eigenvalue weighted by atomic mass is 15.2. The van der Waals surface area contributed by atoms with Crippen LogP contribution in [0.2, 0.25) is 0 Å². The second-order valence-corrected chi connectivity index (χ2v) is 6.03. The Labute approximate surface area is 108 Å². The zero-order valence-corrected chi connectivity index (χ0v) is 12.3. The van der Waals surface area contributed by atoms with Crippen molar-refractivity contribution in [1.82, 2.24) is 10.2 Å². The first-order valence-electron chi connectivity index (χ1n) is 7.64. The van der Waals surface area contributed by atoms with Gasteiger partial charge in [-0.05, 0) is 31.7 Å². The molecule has 0 spiro atoms. The van der Waals surface area contributed by atoms with Gasteiger partial charge in [0.05, 0.1) is 0 Å². The highest BCUT2D eigenvalue weighted by Gasteiger charge is 2.27. The summed E-state index contributed by atoms with van der Waals surface area (Å²) in [5, 5.41) is 3.74. The molecule has 102 valence electrons. The SMILES string of the molecule is CCCCN1CC(CCC)NCC1CC(C)C. The minimum Gasteiger partial charge on any atom is -0.311 e. The summed E-state index contributed by atoms with van der Waals surface area (Å²) in [5.41, 5.74) is 0. The average Bonchev–Trinajstić information content (AvgIpc) is 2.29. The standard InChI is InChI=1S/C15H32N2/c1-5-7-9-17-12-14(8-6-2)16-11-15(17)10-13(3)4/h13-16H,5-12H2,1-4H3. The largest absolute Gasteiger partial charge is 0.311 e. The molecule has 1 aliphatic heterocycles. The molecule has 0 aliphatic carbocycles. The molecule has 0 saturated carbocycles. The van der Waals surface area contributed by atoms with E-state index in [4.69, 9.17) is 0 Å². The van der Waals surface area contributed by atoms with Crippen molar-refractivity contribution in [2.24, 2.45) is 5.92 Å². The van der Waals surface area contributed by atoms with Crippen LogP contribution >= 0.6 is 0 Å². The minimum atomic E-state index is 0.736. The van der Waals surface area contributed by atoms with Crippen LogP contribution in [-0.2, 0) is 0 Å². The van der Waals surface area contributed by atoms with Crippen LogP contribution < -0.4 is 5.32 Å². The molecule has 17 heavy (non-hydrogen) atoms. The lowest BCUT2D eigenvalue weighted by atomic mass is 9.97. The number of nitrogens with zero attached hydrogens (tertiary/aromatic N) is 1. The Hall–Kier alpha value is -0.0800. The highest BCUT2D eigenvalue weighted by molar-refractivity contribution is 4.86.